The number of hydrogen-bond donors (Lipinski definition) is 0. The summed E-state index contributed by atoms with van der Waals surface area (Å²) in [4.78, 5) is 0. The van der Waals surface area contributed by atoms with Crippen molar-refractivity contribution in [2.75, 3.05) is 0 Å². The lowest BCUT2D eigenvalue weighted by molar-refractivity contribution is 0.669. The van der Waals surface area contributed by atoms with Crippen LogP contribution in [0.3, 0.4) is 0 Å². The summed E-state index contributed by atoms with van der Waals surface area (Å²) < 4.78 is 6.77. The van der Waals surface area contributed by atoms with Crippen molar-refractivity contribution in [3.05, 3.63) is 253 Å². The van der Waals surface area contributed by atoms with Crippen molar-refractivity contribution in [1.29, 1.82) is 0 Å². The second-order valence-electron chi connectivity index (χ2n) is 17.8. The molecule has 0 saturated carbocycles. The molecule has 1 heterocycles. The van der Waals surface area contributed by atoms with Gasteiger partial charge in [-0.2, -0.15) is 0 Å². The fourth-order valence-electron chi connectivity index (χ4n) is 11.6. The van der Waals surface area contributed by atoms with Crippen molar-refractivity contribution in [3.63, 3.8) is 0 Å². The maximum atomic E-state index is 6.77. The molecule has 1 nitrogen and oxygen atoms in total. The smallest absolute Gasteiger partial charge is 0.136 e. The van der Waals surface area contributed by atoms with Crippen LogP contribution in [-0.2, 0) is 0 Å². The third-order valence-electron chi connectivity index (χ3n) is 14.3. The standard InChI is InChI=1S/C65H40O/c1-3-17-40(18-4-1)61-47-22-8-7-21-45(47)57-37-42(32-35-56(57)61)63-52-27-13-15-29-54(52)64(55-30-16-14-28-53(55)63)43-33-36-59-58(38-43)46-34-31-44(39-60(46)66-59)65-50-25-11-9-23-48(50)62(41-19-5-2-6-20-41)49-24-10-12-26-51(49)65/h1-39,61H. The van der Waals surface area contributed by atoms with Crippen LogP contribution in [-0.4, -0.2) is 0 Å². The Kier molecular flexibility index (Phi) is 8.11. The van der Waals surface area contributed by atoms with Crippen LogP contribution in [0.1, 0.15) is 22.6 Å². The lowest BCUT2D eigenvalue weighted by atomic mass is 9.84. The summed E-state index contributed by atoms with van der Waals surface area (Å²) in [7, 11) is 0. The molecule has 66 heavy (non-hydrogen) atoms. The Morgan fingerprint density at radius 1 is 0.242 bits per heavy atom. The highest BCUT2D eigenvalue weighted by molar-refractivity contribution is 6.24. The minimum Gasteiger partial charge on any atom is -0.456 e. The minimum absolute atomic E-state index is 0.217. The molecule has 13 aromatic rings. The van der Waals surface area contributed by atoms with Crippen molar-refractivity contribution in [2.45, 2.75) is 5.92 Å². The zero-order valence-corrected chi connectivity index (χ0v) is 36.0. The molecule has 12 aromatic carbocycles. The van der Waals surface area contributed by atoms with Gasteiger partial charge in [-0.3, -0.25) is 0 Å². The van der Waals surface area contributed by atoms with E-state index in [1.807, 2.05) is 0 Å². The molecule has 14 rings (SSSR count). The molecule has 1 aliphatic rings. The van der Waals surface area contributed by atoms with Crippen LogP contribution in [0.5, 0.6) is 0 Å². The molecule has 0 aliphatic heterocycles. The van der Waals surface area contributed by atoms with Crippen LogP contribution in [0.15, 0.2) is 241 Å². The number of fused-ring (bicyclic) bond motifs is 10. The van der Waals surface area contributed by atoms with Gasteiger partial charge in [0.1, 0.15) is 11.2 Å². The molecule has 1 aromatic heterocycles. The van der Waals surface area contributed by atoms with Crippen molar-refractivity contribution >= 4 is 65.0 Å². The highest BCUT2D eigenvalue weighted by Crippen LogP contribution is 2.52. The SMILES string of the molecule is c1ccc(-c2c3ccccc3c(-c3ccc4c(c3)oc3ccc(-c5c6ccccc6c(-c6ccc7c(c6)-c6ccccc6C7c6ccccc6)c6ccccc56)cc34)c3ccccc23)cc1. The molecule has 0 amide bonds. The van der Waals surface area contributed by atoms with Crippen LogP contribution in [0.25, 0.3) is 121 Å². The molecular weight excluding hydrogens is 797 g/mol. The third kappa shape index (κ3) is 5.47. The molecule has 0 saturated heterocycles. The summed E-state index contributed by atoms with van der Waals surface area (Å²) in [6, 6.07) is 87.1. The first kappa shape index (κ1) is 36.9. The average Bonchev–Trinajstić information content (AvgIpc) is 3.92. The quantitative estimate of drug-likeness (QED) is 0.157. The van der Waals surface area contributed by atoms with E-state index in [1.54, 1.807) is 0 Å². The fourth-order valence-corrected chi connectivity index (χ4v) is 11.6. The zero-order valence-electron chi connectivity index (χ0n) is 36.0. The summed E-state index contributed by atoms with van der Waals surface area (Å²) >= 11 is 0. The fraction of sp³-hybridized carbons (Fsp3) is 0.0154. The number of hydrogen-bond acceptors (Lipinski definition) is 1. The normalized spacial score (nSPS) is 13.3. The van der Waals surface area contributed by atoms with Gasteiger partial charge in [0, 0.05) is 16.7 Å². The molecular formula is C65H40O. The summed E-state index contributed by atoms with van der Waals surface area (Å²) in [5.41, 5.74) is 18.3. The van der Waals surface area contributed by atoms with Crippen molar-refractivity contribution in [2.24, 2.45) is 0 Å². The van der Waals surface area contributed by atoms with Gasteiger partial charge in [0.25, 0.3) is 0 Å². The molecule has 0 N–H and O–H groups in total. The number of benzene rings is 12. The Bertz CT molecular complexity index is 3990. The van der Waals surface area contributed by atoms with Crippen molar-refractivity contribution < 1.29 is 4.42 Å². The Hall–Kier alpha value is -8.52. The molecule has 0 bridgehead atoms. The van der Waals surface area contributed by atoms with Crippen LogP contribution < -0.4 is 0 Å². The number of rotatable bonds is 5. The molecule has 0 fully saturated rings. The van der Waals surface area contributed by atoms with Gasteiger partial charge in [0.05, 0.1) is 0 Å². The van der Waals surface area contributed by atoms with Crippen LogP contribution in [0.4, 0.5) is 0 Å². The minimum atomic E-state index is 0.217. The molecule has 306 valence electrons. The Morgan fingerprint density at radius 2 is 0.667 bits per heavy atom. The second kappa shape index (κ2) is 14.5. The van der Waals surface area contributed by atoms with Crippen LogP contribution in [0.2, 0.25) is 0 Å². The summed E-state index contributed by atoms with van der Waals surface area (Å²) in [6.07, 6.45) is 0. The Balaban J connectivity index is 0.930. The van der Waals surface area contributed by atoms with E-state index in [-0.39, 0.29) is 5.92 Å². The van der Waals surface area contributed by atoms with E-state index in [2.05, 4.69) is 237 Å². The van der Waals surface area contributed by atoms with E-state index in [1.165, 1.54) is 110 Å². The second-order valence-corrected chi connectivity index (χ2v) is 17.8. The molecule has 1 heteroatoms. The van der Waals surface area contributed by atoms with E-state index in [9.17, 15) is 0 Å². The molecule has 1 atom stereocenters. The maximum absolute atomic E-state index is 6.77. The molecule has 1 aliphatic carbocycles. The summed E-state index contributed by atoms with van der Waals surface area (Å²) in [6.45, 7) is 0. The lowest BCUT2D eigenvalue weighted by Gasteiger charge is -2.19. The first-order valence-electron chi connectivity index (χ1n) is 22.9. The summed E-state index contributed by atoms with van der Waals surface area (Å²) in [5, 5.41) is 12.2. The van der Waals surface area contributed by atoms with Gasteiger partial charge in [0.2, 0.25) is 0 Å². The van der Waals surface area contributed by atoms with E-state index < -0.39 is 0 Å². The monoisotopic (exact) mass is 836 g/mol. The topological polar surface area (TPSA) is 13.1 Å². The third-order valence-corrected chi connectivity index (χ3v) is 14.3. The molecule has 1 unspecified atom stereocenters. The predicted molar refractivity (Wildman–Crippen MR) is 278 cm³/mol. The van der Waals surface area contributed by atoms with Gasteiger partial charge < -0.3 is 4.42 Å². The van der Waals surface area contributed by atoms with Gasteiger partial charge in [-0.15, -0.1) is 0 Å². The Labute approximate surface area is 382 Å². The Morgan fingerprint density at radius 3 is 1.24 bits per heavy atom. The zero-order chi connectivity index (χ0) is 43.3. The van der Waals surface area contributed by atoms with Gasteiger partial charge in [0.15, 0.2) is 0 Å². The first-order valence-corrected chi connectivity index (χ1v) is 22.9. The summed E-state index contributed by atoms with van der Waals surface area (Å²) in [5.74, 6) is 0.217. The van der Waals surface area contributed by atoms with Gasteiger partial charge in [-0.1, -0.05) is 206 Å². The largest absolute Gasteiger partial charge is 0.456 e. The molecule has 0 spiro atoms. The molecule has 0 radical (unpaired) electrons. The maximum Gasteiger partial charge on any atom is 0.136 e. The lowest BCUT2D eigenvalue weighted by Crippen LogP contribution is -1.98. The van der Waals surface area contributed by atoms with Crippen molar-refractivity contribution in [1.82, 2.24) is 0 Å². The van der Waals surface area contributed by atoms with Crippen molar-refractivity contribution in [3.8, 4) is 55.6 Å². The van der Waals surface area contributed by atoms with E-state index in [0.29, 0.717) is 0 Å². The van der Waals surface area contributed by atoms with E-state index in [4.69, 9.17) is 4.42 Å². The highest BCUT2D eigenvalue weighted by atomic mass is 16.3. The van der Waals surface area contributed by atoms with Gasteiger partial charge >= 0.3 is 0 Å². The van der Waals surface area contributed by atoms with Gasteiger partial charge in [-0.25, -0.2) is 0 Å². The number of furan rings is 1. The van der Waals surface area contributed by atoms with Crippen LogP contribution >= 0.6 is 0 Å². The average molecular weight is 837 g/mol. The predicted octanol–water partition coefficient (Wildman–Crippen LogP) is 18.0. The van der Waals surface area contributed by atoms with Crippen LogP contribution in [0, 0.1) is 0 Å². The van der Waals surface area contributed by atoms with E-state index >= 15 is 0 Å². The highest BCUT2D eigenvalue weighted by Gasteiger charge is 2.30. The van der Waals surface area contributed by atoms with E-state index in [0.717, 1.165) is 27.5 Å². The first-order chi connectivity index (χ1) is 32.8. The van der Waals surface area contributed by atoms with Gasteiger partial charge in [-0.05, 0) is 146 Å².